The smallest absolute Gasteiger partial charge is 0.237 e. The van der Waals surface area contributed by atoms with Crippen molar-refractivity contribution in [3.8, 4) is 0 Å². The van der Waals surface area contributed by atoms with Crippen LogP contribution in [0, 0.1) is 0 Å². The maximum Gasteiger partial charge on any atom is 0.237 e. The molecule has 15 heavy (non-hydrogen) atoms. The lowest BCUT2D eigenvalue weighted by atomic mass is 10.2. The lowest BCUT2D eigenvalue weighted by molar-refractivity contribution is -0.122. The fourth-order valence-corrected chi connectivity index (χ4v) is 1.77. The summed E-state index contributed by atoms with van der Waals surface area (Å²) >= 11 is 0. The van der Waals surface area contributed by atoms with Crippen LogP contribution in [0.1, 0.15) is 18.5 Å². The first kappa shape index (κ1) is 10.2. The number of imidazole rings is 1. The van der Waals surface area contributed by atoms with E-state index in [0.29, 0.717) is 6.54 Å². The van der Waals surface area contributed by atoms with Crippen molar-refractivity contribution in [2.75, 3.05) is 13.1 Å². The third kappa shape index (κ3) is 2.79. The molecule has 0 aliphatic carbocycles. The molecule has 3 N–H and O–H groups in total. The molecule has 1 fully saturated rings. The van der Waals surface area contributed by atoms with Gasteiger partial charge in [-0.3, -0.25) is 4.79 Å². The first-order chi connectivity index (χ1) is 7.36. The number of hydrogen-bond donors (Lipinski definition) is 3. The molecule has 0 spiro atoms. The van der Waals surface area contributed by atoms with Crippen molar-refractivity contribution in [2.45, 2.75) is 25.3 Å². The number of nitrogens with zero attached hydrogens (tertiary/aromatic N) is 1. The number of amides is 1. The van der Waals surface area contributed by atoms with E-state index >= 15 is 0 Å². The van der Waals surface area contributed by atoms with Gasteiger partial charge in [0.2, 0.25) is 5.91 Å². The average molecular weight is 208 g/mol. The largest absolute Gasteiger partial charge is 0.354 e. The lowest BCUT2D eigenvalue weighted by Crippen LogP contribution is -2.41. The molecule has 82 valence electrons. The van der Waals surface area contributed by atoms with Gasteiger partial charge in [-0.2, -0.15) is 0 Å². The Bertz CT molecular complexity index is 303. The van der Waals surface area contributed by atoms with Crippen LogP contribution in [0.25, 0.3) is 0 Å². The van der Waals surface area contributed by atoms with Gasteiger partial charge >= 0.3 is 0 Å². The van der Waals surface area contributed by atoms with Gasteiger partial charge in [-0.05, 0) is 19.4 Å². The maximum atomic E-state index is 11.6. The van der Waals surface area contributed by atoms with Gasteiger partial charge < -0.3 is 15.6 Å². The number of carbonyl (C=O) groups excluding carboxylic acids is 1. The molecule has 0 saturated carbocycles. The van der Waals surface area contributed by atoms with Crippen molar-refractivity contribution in [1.82, 2.24) is 20.6 Å². The highest BCUT2D eigenvalue weighted by atomic mass is 16.2. The molecule has 0 radical (unpaired) electrons. The second-order valence-electron chi connectivity index (χ2n) is 3.77. The Morgan fingerprint density at radius 2 is 2.60 bits per heavy atom. The van der Waals surface area contributed by atoms with Gasteiger partial charge in [0, 0.05) is 24.9 Å². The van der Waals surface area contributed by atoms with Crippen LogP contribution in [0.15, 0.2) is 12.5 Å². The van der Waals surface area contributed by atoms with E-state index < -0.39 is 0 Å². The molecule has 5 nitrogen and oxygen atoms in total. The number of hydrogen-bond acceptors (Lipinski definition) is 3. The van der Waals surface area contributed by atoms with Gasteiger partial charge in [-0.15, -0.1) is 0 Å². The molecule has 1 aromatic heterocycles. The third-order valence-corrected chi connectivity index (χ3v) is 2.63. The molecule has 1 saturated heterocycles. The van der Waals surface area contributed by atoms with Crippen molar-refractivity contribution in [1.29, 1.82) is 0 Å². The highest BCUT2D eigenvalue weighted by Gasteiger charge is 2.21. The lowest BCUT2D eigenvalue weighted by Gasteiger charge is -2.10. The van der Waals surface area contributed by atoms with Crippen LogP contribution in [0.4, 0.5) is 0 Å². The second kappa shape index (κ2) is 4.93. The predicted molar refractivity (Wildman–Crippen MR) is 56.3 cm³/mol. The number of carbonyl (C=O) groups is 1. The second-order valence-corrected chi connectivity index (χ2v) is 3.77. The topological polar surface area (TPSA) is 69.8 Å². The molecule has 1 amide bonds. The SMILES string of the molecule is O=C(NCCc1cnc[nH]1)C1CCCN1. The van der Waals surface area contributed by atoms with Crippen molar-refractivity contribution >= 4 is 5.91 Å². The minimum atomic E-state index is 0.0202. The molecular formula is C10H16N4O. The molecule has 1 unspecified atom stereocenters. The van der Waals surface area contributed by atoms with Gasteiger partial charge in [0.25, 0.3) is 0 Å². The highest BCUT2D eigenvalue weighted by molar-refractivity contribution is 5.81. The van der Waals surface area contributed by atoms with E-state index in [1.165, 1.54) is 0 Å². The summed E-state index contributed by atoms with van der Waals surface area (Å²) in [5, 5.41) is 6.08. The van der Waals surface area contributed by atoms with E-state index in [1.807, 2.05) is 0 Å². The zero-order valence-electron chi connectivity index (χ0n) is 8.62. The number of H-pyrrole nitrogens is 1. The first-order valence-electron chi connectivity index (χ1n) is 5.34. The van der Waals surface area contributed by atoms with Gasteiger partial charge in [-0.1, -0.05) is 0 Å². The van der Waals surface area contributed by atoms with E-state index in [1.54, 1.807) is 12.5 Å². The fraction of sp³-hybridized carbons (Fsp3) is 0.600. The van der Waals surface area contributed by atoms with Crippen LogP contribution in [-0.4, -0.2) is 35.0 Å². The summed E-state index contributed by atoms with van der Waals surface area (Å²) in [4.78, 5) is 18.5. The van der Waals surface area contributed by atoms with Crippen LogP contribution in [0.3, 0.4) is 0 Å². The Hall–Kier alpha value is -1.36. The van der Waals surface area contributed by atoms with E-state index in [2.05, 4.69) is 20.6 Å². The van der Waals surface area contributed by atoms with Crippen molar-refractivity contribution in [3.63, 3.8) is 0 Å². The van der Waals surface area contributed by atoms with Crippen molar-refractivity contribution < 1.29 is 4.79 Å². The monoisotopic (exact) mass is 208 g/mol. The molecular weight excluding hydrogens is 192 g/mol. The molecule has 0 bridgehead atoms. The Labute approximate surface area is 88.7 Å². The zero-order valence-corrected chi connectivity index (χ0v) is 8.62. The first-order valence-corrected chi connectivity index (χ1v) is 5.34. The summed E-state index contributed by atoms with van der Waals surface area (Å²) in [6.07, 6.45) is 6.28. The molecule has 1 aromatic rings. The van der Waals surface area contributed by atoms with E-state index in [4.69, 9.17) is 0 Å². The molecule has 1 atom stereocenters. The van der Waals surface area contributed by atoms with Crippen LogP contribution >= 0.6 is 0 Å². The summed E-state index contributed by atoms with van der Waals surface area (Å²) in [6.45, 7) is 1.62. The van der Waals surface area contributed by atoms with Crippen LogP contribution in [0.2, 0.25) is 0 Å². The summed E-state index contributed by atoms with van der Waals surface area (Å²) in [5.41, 5.74) is 1.05. The van der Waals surface area contributed by atoms with Gasteiger partial charge in [0.05, 0.1) is 12.4 Å². The summed E-state index contributed by atoms with van der Waals surface area (Å²) in [6, 6.07) is 0.0202. The minimum absolute atomic E-state index is 0.0202. The van der Waals surface area contributed by atoms with E-state index in [-0.39, 0.29) is 11.9 Å². The number of nitrogens with one attached hydrogen (secondary N) is 3. The zero-order chi connectivity index (χ0) is 10.5. The van der Waals surface area contributed by atoms with Gasteiger partial charge in [-0.25, -0.2) is 4.98 Å². The molecule has 1 aliphatic heterocycles. The summed E-state index contributed by atoms with van der Waals surface area (Å²) in [5.74, 6) is 0.118. The molecule has 1 aliphatic rings. The van der Waals surface area contributed by atoms with Crippen molar-refractivity contribution in [2.24, 2.45) is 0 Å². The average Bonchev–Trinajstić information content (AvgIpc) is 2.90. The predicted octanol–water partition coefficient (Wildman–Crippen LogP) is -0.180. The highest BCUT2D eigenvalue weighted by Crippen LogP contribution is 2.04. The van der Waals surface area contributed by atoms with Crippen LogP contribution < -0.4 is 10.6 Å². The Balaban J connectivity index is 1.67. The molecule has 5 heteroatoms. The molecule has 2 heterocycles. The normalized spacial score (nSPS) is 20.4. The Morgan fingerprint density at radius 1 is 1.67 bits per heavy atom. The fourth-order valence-electron chi connectivity index (χ4n) is 1.77. The van der Waals surface area contributed by atoms with Crippen molar-refractivity contribution in [3.05, 3.63) is 18.2 Å². The number of aromatic amines is 1. The van der Waals surface area contributed by atoms with E-state index in [9.17, 15) is 4.79 Å². The van der Waals surface area contributed by atoms with Crippen LogP contribution in [0.5, 0.6) is 0 Å². The summed E-state index contributed by atoms with van der Waals surface area (Å²) in [7, 11) is 0. The quantitative estimate of drug-likeness (QED) is 0.643. The Morgan fingerprint density at radius 3 is 3.27 bits per heavy atom. The van der Waals surface area contributed by atoms with Gasteiger partial charge in [0.15, 0.2) is 0 Å². The third-order valence-electron chi connectivity index (χ3n) is 2.63. The Kier molecular flexibility index (Phi) is 3.34. The minimum Gasteiger partial charge on any atom is -0.354 e. The van der Waals surface area contributed by atoms with E-state index in [0.717, 1.165) is 31.5 Å². The summed E-state index contributed by atoms with van der Waals surface area (Å²) < 4.78 is 0. The van der Waals surface area contributed by atoms with Crippen LogP contribution in [-0.2, 0) is 11.2 Å². The number of aromatic nitrogens is 2. The molecule has 2 rings (SSSR count). The molecule has 0 aromatic carbocycles. The maximum absolute atomic E-state index is 11.6. The number of rotatable bonds is 4. The van der Waals surface area contributed by atoms with Gasteiger partial charge in [0.1, 0.15) is 0 Å². The standard InChI is InChI=1S/C10H16N4O/c15-10(9-2-1-4-12-9)13-5-3-8-6-11-7-14-8/h6-7,9,12H,1-5H2,(H,11,14)(H,13,15).